The van der Waals surface area contributed by atoms with Crippen LogP contribution < -0.4 is 19.3 Å². The van der Waals surface area contributed by atoms with E-state index >= 15 is 0 Å². The van der Waals surface area contributed by atoms with E-state index in [1.165, 1.54) is 0 Å². The molecule has 7 aromatic carbocycles. The van der Waals surface area contributed by atoms with Crippen LogP contribution in [-0.2, 0) is 0 Å². The molecule has 0 bridgehead atoms. The molecule has 0 saturated heterocycles. The van der Waals surface area contributed by atoms with Crippen LogP contribution in [0.2, 0.25) is 0 Å². The van der Waals surface area contributed by atoms with Crippen molar-refractivity contribution in [2.75, 3.05) is 16.4 Å². The van der Waals surface area contributed by atoms with E-state index in [0.717, 1.165) is 51.0 Å². The molecule has 0 radical (unpaired) electrons. The van der Waals surface area contributed by atoms with Crippen LogP contribution in [0.5, 0.6) is 11.5 Å². The van der Waals surface area contributed by atoms with Gasteiger partial charge < -0.3 is 19.3 Å². The molecule has 0 atom stereocenters. The lowest BCUT2D eigenvalue weighted by molar-refractivity contribution is 0.340. The monoisotopic (exact) mass is 800 g/mol. The Hall–Kier alpha value is -9.26. The van der Waals surface area contributed by atoms with E-state index in [9.17, 15) is 10.5 Å². The zero-order valence-electron chi connectivity index (χ0n) is 33.6. The van der Waals surface area contributed by atoms with Gasteiger partial charge in [-0.3, -0.25) is 0 Å². The first-order valence-electron chi connectivity index (χ1n) is 19.5. The second-order valence-corrected chi connectivity index (χ2v) is 13.6. The van der Waals surface area contributed by atoms with Gasteiger partial charge in [0.15, 0.2) is 0 Å². The molecule has 0 aliphatic rings. The summed E-state index contributed by atoms with van der Waals surface area (Å²) in [6.45, 7) is 18.8. The number of nitriles is 2. The fraction of sp³-hybridized carbons (Fsp3) is 0.0370. The number of hydrogen-bond acceptors (Lipinski definition) is 6. The summed E-state index contributed by atoms with van der Waals surface area (Å²) in [6.07, 6.45) is 14.3. The summed E-state index contributed by atoms with van der Waals surface area (Å²) in [6, 6.07) is 55.2. The van der Waals surface area contributed by atoms with Crippen LogP contribution in [0.3, 0.4) is 0 Å². The summed E-state index contributed by atoms with van der Waals surface area (Å²) in [7, 11) is 0. The topological polar surface area (TPSA) is 81.2 Å². The van der Waals surface area contributed by atoms with Gasteiger partial charge in [-0.25, -0.2) is 9.69 Å². The van der Waals surface area contributed by atoms with Crippen LogP contribution >= 0.6 is 0 Å². The highest BCUT2D eigenvalue weighted by molar-refractivity contribution is 5.96. The standard InChI is InChI=1S/C54H36N6O2/c1-5-61-47-31-27-45(28-32-47)59(41-13-9-7-10-14-41)43-23-17-39(18-24-43)21-35-49-51(37-55)53(57-3)50(54(58-4)52(49)38-56)36-22-40-19-25-44(26-20-40)60(42-15-11-8-12-16-42)46-29-33-48(34-30-46)62-6-2/h2,7-36H,5H2,1H3. The zero-order chi connectivity index (χ0) is 43.3. The lowest BCUT2D eigenvalue weighted by atomic mass is 9.92. The van der Waals surface area contributed by atoms with Crippen molar-refractivity contribution < 1.29 is 9.47 Å². The molecule has 0 unspecified atom stereocenters. The lowest BCUT2D eigenvalue weighted by Crippen LogP contribution is -2.09. The first-order valence-corrected chi connectivity index (χ1v) is 19.5. The first-order chi connectivity index (χ1) is 30.5. The molecule has 0 saturated carbocycles. The van der Waals surface area contributed by atoms with Gasteiger partial charge in [0.2, 0.25) is 11.4 Å². The summed E-state index contributed by atoms with van der Waals surface area (Å²) in [5.41, 5.74) is 7.62. The molecule has 8 nitrogen and oxygen atoms in total. The highest BCUT2D eigenvalue weighted by atomic mass is 16.5. The summed E-state index contributed by atoms with van der Waals surface area (Å²) in [4.78, 5) is 11.7. The molecular weight excluding hydrogens is 765 g/mol. The van der Waals surface area contributed by atoms with E-state index < -0.39 is 0 Å². The molecule has 0 aliphatic carbocycles. The van der Waals surface area contributed by atoms with Gasteiger partial charge in [0.1, 0.15) is 17.6 Å². The Bertz CT molecular complexity index is 2910. The number of rotatable bonds is 13. The highest BCUT2D eigenvalue weighted by Crippen LogP contribution is 2.42. The van der Waals surface area contributed by atoms with Crippen LogP contribution in [0, 0.1) is 48.3 Å². The number of terminal acetylenes is 1. The van der Waals surface area contributed by atoms with Crippen molar-refractivity contribution in [1.82, 2.24) is 0 Å². The Balaban J connectivity index is 1.19. The molecule has 0 aliphatic heterocycles. The van der Waals surface area contributed by atoms with Gasteiger partial charge in [-0.05, 0) is 126 Å². The van der Waals surface area contributed by atoms with Gasteiger partial charge in [0.25, 0.3) is 0 Å². The second kappa shape index (κ2) is 19.5. The minimum Gasteiger partial charge on any atom is -0.494 e. The Morgan fingerprint density at radius 3 is 1.26 bits per heavy atom. The maximum atomic E-state index is 10.4. The zero-order valence-corrected chi connectivity index (χ0v) is 33.6. The van der Waals surface area contributed by atoms with Crippen LogP contribution in [0.4, 0.5) is 45.5 Å². The molecule has 8 heteroatoms. The number of anilines is 6. The Morgan fingerprint density at radius 1 is 0.516 bits per heavy atom. The van der Waals surface area contributed by atoms with E-state index in [1.54, 1.807) is 36.4 Å². The SMILES string of the molecule is [C-]#[N+]c1c(C#N)c(C=Cc2ccc(N(c3ccccc3)c3ccc(OCC)cc3)cc2)c(C#N)c([N+]#[C-])c1C=Cc1ccc(N(c2ccccc2)c2ccc(OC#C)cc2)cc1. The smallest absolute Gasteiger partial charge is 0.202 e. The lowest BCUT2D eigenvalue weighted by Gasteiger charge is -2.25. The molecule has 0 N–H and O–H groups in total. The van der Waals surface area contributed by atoms with Crippen molar-refractivity contribution in [2.24, 2.45) is 0 Å². The Morgan fingerprint density at radius 2 is 0.887 bits per heavy atom. The normalized spacial score (nSPS) is 10.5. The van der Waals surface area contributed by atoms with Crippen molar-refractivity contribution in [1.29, 1.82) is 10.5 Å². The van der Waals surface area contributed by atoms with Crippen LogP contribution in [0.25, 0.3) is 34.0 Å². The largest absolute Gasteiger partial charge is 0.494 e. The van der Waals surface area contributed by atoms with E-state index in [4.69, 9.17) is 29.0 Å². The molecule has 7 rings (SSSR count). The third kappa shape index (κ3) is 8.90. The predicted octanol–water partition coefficient (Wildman–Crippen LogP) is 14.2. The van der Waals surface area contributed by atoms with E-state index in [-0.39, 0.29) is 33.6 Å². The number of ether oxygens (including phenoxy) is 2. The first kappa shape index (κ1) is 40.9. The van der Waals surface area contributed by atoms with Gasteiger partial charge in [-0.2, -0.15) is 10.5 Å². The molecular formula is C54H36N6O2. The van der Waals surface area contributed by atoms with Crippen molar-refractivity contribution in [3.8, 4) is 36.2 Å². The summed E-state index contributed by atoms with van der Waals surface area (Å²) < 4.78 is 10.9. The van der Waals surface area contributed by atoms with Crippen LogP contribution in [-0.4, -0.2) is 6.61 Å². The van der Waals surface area contributed by atoms with Gasteiger partial charge in [0, 0.05) is 34.1 Å². The molecule has 0 amide bonds. The number of hydrogen-bond donors (Lipinski definition) is 0. The fourth-order valence-electron chi connectivity index (χ4n) is 7.01. The van der Waals surface area contributed by atoms with E-state index in [2.05, 4.69) is 37.7 Å². The van der Waals surface area contributed by atoms with Gasteiger partial charge in [0.05, 0.1) is 43.0 Å². The quantitative estimate of drug-likeness (QED) is 0.0656. The molecule has 0 heterocycles. The fourth-order valence-corrected chi connectivity index (χ4v) is 7.01. The summed E-state index contributed by atoms with van der Waals surface area (Å²) in [5, 5.41) is 20.8. The molecule has 294 valence electrons. The molecule has 0 spiro atoms. The number of benzene rings is 7. The third-order valence-electron chi connectivity index (χ3n) is 9.86. The predicted molar refractivity (Wildman–Crippen MR) is 249 cm³/mol. The van der Waals surface area contributed by atoms with E-state index in [1.807, 2.05) is 153 Å². The second-order valence-electron chi connectivity index (χ2n) is 13.6. The maximum absolute atomic E-state index is 10.4. The van der Waals surface area contributed by atoms with Crippen molar-refractivity contribution in [2.45, 2.75) is 6.92 Å². The van der Waals surface area contributed by atoms with Crippen LogP contribution in [0.1, 0.15) is 40.3 Å². The minimum absolute atomic E-state index is 0.00161. The van der Waals surface area contributed by atoms with Gasteiger partial charge in [-0.15, -0.1) is 0 Å². The van der Waals surface area contributed by atoms with Gasteiger partial charge >= 0.3 is 0 Å². The van der Waals surface area contributed by atoms with Crippen molar-refractivity contribution in [3.63, 3.8) is 0 Å². The highest BCUT2D eigenvalue weighted by Gasteiger charge is 2.22. The molecule has 0 aromatic heterocycles. The van der Waals surface area contributed by atoms with Gasteiger partial charge in [-0.1, -0.05) is 91.4 Å². The number of para-hydroxylation sites is 2. The maximum Gasteiger partial charge on any atom is 0.202 e. The Labute approximate surface area is 362 Å². The average Bonchev–Trinajstić information content (AvgIpc) is 3.32. The number of nitrogens with zero attached hydrogens (tertiary/aromatic N) is 6. The van der Waals surface area contributed by atoms with Crippen LogP contribution in [0.15, 0.2) is 158 Å². The van der Waals surface area contributed by atoms with E-state index in [0.29, 0.717) is 12.4 Å². The average molecular weight is 801 g/mol. The summed E-state index contributed by atoms with van der Waals surface area (Å²) >= 11 is 0. The molecule has 62 heavy (non-hydrogen) atoms. The molecule has 7 aromatic rings. The third-order valence-corrected chi connectivity index (χ3v) is 9.86. The van der Waals surface area contributed by atoms with Crippen molar-refractivity contribution >= 4 is 69.8 Å². The summed E-state index contributed by atoms with van der Waals surface area (Å²) in [5.74, 6) is 1.35. The van der Waals surface area contributed by atoms with Crippen molar-refractivity contribution in [3.05, 3.63) is 214 Å². The minimum atomic E-state index is 0.00161. The molecule has 0 fully saturated rings. The Kier molecular flexibility index (Phi) is 12.8.